The number of nitrogens with zero attached hydrogens (tertiary/aromatic N) is 2. The summed E-state index contributed by atoms with van der Waals surface area (Å²) in [6, 6.07) is 20.4. The van der Waals surface area contributed by atoms with Crippen molar-refractivity contribution in [3.8, 4) is 0 Å². The number of hydrogen-bond acceptors (Lipinski definition) is 3. The molecule has 0 atom stereocenters. The Morgan fingerprint density at radius 1 is 0.917 bits per heavy atom. The Kier molecular flexibility index (Phi) is 3.51. The number of benzene rings is 3. The highest BCUT2D eigenvalue weighted by Gasteiger charge is 2.14. The first-order chi connectivity index (χ1) is 11.6. The molecule has 0 spiro atoms. The van der Waals surface area contributed by atoms with E-state index in [9.17, 15) is 8.42 Å². The summed E-state index contributed by atoms with van der Waals surface area (Å²) < 4.78 is 32.0. The Labute approximate surface area is 143 Å². The van der Waals surface area contributed by atoms with Gasteiger partial charge in [-0.2, -0.15) is 8.42 Å². The fraction of sp³-hybridized carbons (Fsp3) is 0.0556. The SMILES string of the molecule is Cn1/c(=N\S(=O)(=O)c2ccccc2)sc2ccc3ccccc3c21. The smallest absolute Gasteiger partial charge is 0.285 e. The highest BCUT2D eigenvalue weighted by Crippen LogP contribution is 2.26. The summed E-state index contributed by atoms with van der Waals surface area (Å²) >= 11 is 1.38. The van der Waals surface area contributed by atoms with Crippen LogP contribution in [-0.2, 0) is 17.1 Å². The molecule has 4 rings (SSSR count). The van der Waals surface area contributed by atoms with Crippen LogP contribution in [0.5, 0.6) is 0 Å². The van der Waals surface area contributed by atoms with Gasteiger partial charge in [0.1, 0.15) is 0 Å². The molecule has 24 heavy (non-hydrogen) atoms. The summed E-state index contributed by atoms with van der Waals surface area (Å²) in [5, 5.41) is 2.21. The van der Waals surface area contributed by atoms with Crippen molar-refractivity contribution in [1.29, 1.82) is 0 Å². The van der Waals surface area contributed by atoms with Crippen molar-refractivity contribution in [3.63, 3.8) is 0 Å². The van der Waals surface area contributed by atoms with Crippen LogP contribution >= 0.6 is 11.3 Å². The van der Waals surface area contributed by atoms with Gasteiger partial charge in [0.2, 0.25) is 4.80 Å². The normalized spacial score (nSPS) is 13.0. The average Bonchev–Trinajstić information content (AvgIpc) is 2.91. The van der Waals surface area contributed by atoms with Crippen molar-refractivity contribution in [3.05, 3.63) is 71.5 Å². The topological polar surface area (TPSA) is 51.4 Å². The van der Waals surface area contributed by atoms with Crippen molar-refractivity contribution in [2.75, 3.05) is 0 Å². The minimum atomic E-state index is -3.72. The minimum absolute atomic E-state index is 0.201. The van der Waals surface area contributed by atoms with E-state index in [4.69, 9.17) is 0 Å². The van der Waals surface area contributed by atoms with E-state index in [1.165, 1.54) is 11.3 Å². The third kappa shape index (κ3) is 2.44. The first-order valence-electron chi connectivity index (χ1n) is 7.40. The molecule has 0 fully saturated rings. The summed E-state index contributed by atoms with van der Waals surface area (Å²) in [5.74, 6) is 0. The third-order valence-corrected chi connectivity index (χ3v) is 6.42. The molecule has 4 aromatic rings. The van der Waals surface area contributed by atoms with E-state index in [2.05, 4.69) is 4.40 Å². The van der Waals surface area contributed by atoms with Gasteiger partial charge in [-0.05, 0) is 23.6 Å². The zero-order valence-corrected chi connectivity index (χ0v) is 14.5. The van der Waals surface area contributed by atoms with E-state index in [1.54, 1.807) is 30.3 Å². The molecule has 0 bridgehead atoms. The molecule has 0 aliphatic rings. The van der Waals surface area contributed by atoms with Gasteiger partial charge >= 0.3 is 0 Å². The van der Waals surface area contributed by atoms with Gasteiger partial charge in [0.15, 0.2) is 0 Å². The lowest BCUT2D eigenvalue weighted by molar-refractivity contribution is 0.596. The standard InChI is InChI=1S/C18H14N2O2S2/c1-20-17-15-10-6-5-7-13(15)11-12-16(17)23-18(20)19-24(21,22)14-8-3-2-4-9-14/h2-12H,1H3/b19-18+. The molecule has 0 aliphatic heterocycles. The Balaban J connectivity index is 2.02. The maximum atomic E-state index is 12.5. The summed E-state index contributed by atoms with van der Waals surface area (Å²) in [5.41, 5.74) is 1.00. The molecule has 0 aliphatic carbocycles. The van der Waals surface area contributed by atoms with Gasteiger partial charge in [0.25, 0.3) is 10.0 Å². The number of rotatable bonds is 2. The Morgan fingerprint density at radius 3 is 2.42 bits per heavy atom. The summed E-state index contributed by atoms with van der Waals surface area (Å²) in [4.78, 5) is 0.664. The van der Waals surface area contributed by atoms with Crippen molar-refractivity contribution in [1.82, 2.24) is 4.57 Å². The van der Waals surface area contributed by atoms with Gasteiger partial charge in [-0.25, -0.2) is 0 Å². The fourth-order valence-electron chi connectivity index (χ4n) is 2.75. The van der Waals surface area contributed by atoms with Crippen LogP contribution in [-0.4, -0.2) is 13.0 Å². The first-order valence-corrected chi connectivity index (χ1v) is 9.65. The second-order valence-corrected chi connectivity index (χ2v) is 8.07. The number of aryl methyl sites for hydroxylation is 1. The van der Waals surface area contributed by atoms with E-state index < -0.39 is 10.0 Å². The molecule has 6 heteroatoms. The van der Waals surface area contributed by atoms with Crippen LogP contribution in [0.1, 0.15) is 0 Å². The minimum Gasteiger partial charge on any atom is -0.318 e. The predicted molar refractivity (Wildman–Crippen MR) is 97.5 cm³/mol. The summed E-state index contributed by atoms with van der Waals surface area (Å²) in [6.07, 6.45) is 0. The zero-order valence-electron chi connectivity index (χ0n) is 12.9. The number of hydrogen-bond donors (Lipinski definition) is 0. The number of fused-ring (bicyclic) bond motifs is 3. The number of sulfonamides is 1. The third-order valence-electron chi connectivity index (χ3n) is 3.93. The molecule has 0 saturated carbocycles. The Hall–Kier alpha value is -2.44. The average molecular weight is 354 g/mol. The number of thiazole rings is 1. The molecule has 0 N–H and O–H groups in total. The summed E-state index contributed by atoms with van der Waals surface area (Å²) in [7, 11) is -1.87. The van der Waals surface area contributed by atoms with Crippen LogP contribution in [0, 0.1) is 0 Å². The van der Waals surface area contributed by atoms with Gasteiger partial charge < -0.3 is 4.57 Å². The largest absolute Gasteiger partial charge is 0.318 e. The molecule has 3 aromatic carbocycles. The van der Waals surface area contributed by atoms with E-state index >= 15 is 0 Å². The van der Waals surface area contributed by atoms with Crippen molar-refractivity contribution in [2.24, 2.45) is 11.4 Å². The van der Waals surface area contributed by atoms with E-state index in [-0.39, 0.29) is 4.90 Å². The van der Waals surface area contributed by atoms with Crippen LogP contribution in [0.2, 0.25) is 0 Å². The molecule has 120 valence electrons. The second kappa shape index (κ2) is 5.58. The molecule has 4 nitrogen and oxygen atoms in total. The Bertz CT molecular complexity index is 1220. The lowest BCUT2D eigenvalue weighted by atomic mass is 10.1. The van der Waals surface area contributed by atoms with Gasteiger partial charge in [0.05, 0.1) is 15.1 Å². The van der Waals surface area contributed by atoms with Crippen molar-refractivity contribution in [2.45, 2.75) is 4.90 Å². The molecule has 0 unspecified atom stereocenters. The quantitative estimate of drug-likeness (QED) is 0.551. The maximum Gasteiger partial charge on any atom is 0.285 e. The van der Waals surface area contributed by atoms with E-state index in [1.807, 2.05) is 48.0 Å². The van der Waals surface area contributed by atoms with E-state index in [0.717, 1.165) is 21.0 Å². The van der Waals surface area contributed by atoms with Crippen LogP contribution < -0.4 is 4.80 Å². The molecular formula is C18H14N2O2S2. The highest BCUT2D eigenvalue weighted by atomic mass is 32.2. The van der Waals surface area contributed by atoms with Crippen LogP contribution in [0.25, 0.3) is 21.0 Å². The van der Waals surface area contributed by atoms with Crippen LogP contribution in [0.4, 0.5) is 0 Å². The van der Waals surface area contributed by atoms with Crippen molar-refractivity contribution < 1.29 is 8.42 Å². The maximum absolute atomic E-state index is 12.5. The Morgan fingerprint density at radius 2 is 1.62 bits per heavy atom. The predicted octanol–water partition coefficient (Wildman–Crippen LogP) is 3.68. The molecule has 0 saturated heterocycles. The lowest BCUT2D eigenvalue weighted by Gasteiger charge is -2.02. The van der Waals surface area contributed by atoms with E-state index in [0.29, 0.717) is 4.80 Å². The van der Waals surface area contributed by atoms with Crippen molar-refractivity contribution >= 4 is 42.3 Å². The monoisotopic (exact) mass is 354 g/mol. The molecule has 1 heterocycles. The van der Waals surface area contributed by atoms with Gasteiger partial charge in [-0.3, -0.25) is 0 Å². The molecular weight excluding hydrogens is 340 g/mol. The van der Waals surface area contributed by atoms with Crippen LogP contribution in [0.15, 0.2) is 76.0 Å². The summed E-state index contributed by atoms with van der Waals surface area (Å²) in [6.45, 7) is 0. The van der Waals surface area contributed by atoms with Gasteiger partial charge in [0, 0.05) is 12.4 Å². The van der Waals surface area contributed by atoms with Gasteiger partial charge in [-0.1, -0.05) is 59.9 Å². The molecule has 0 radical (unpaired) electrons. The van der Waals surface area contributed by atoms with Crippen LogP contribution in [0.3, 0.4) is 0 Å². The lowest BCUT2D eigenvalue weighted by Crippen LogP contribution is -2.13. The molecule has 1 aromatic heterocycles. The molecule has 0 amide bonds. The zero-order chi connectivity index (χ0) is 16.7. The number of aromatic nitrogens is 1. The fourth-order valence-corrected chi connectivity index (χ4v) is 5.04. The second-order valence-electron chi connectivity index (χ2n) is 5.46. The van der Waals surface area contributed by atoms with Gasteiger partial charge in [-0.15, -0.1) is 4.40 Å². The first kappa shape index (κ1) is 15.1. The highest BCUT2D eigenvalue weighted by molar-refractivity contribution is 7.90.